The molecule has 2 aromatic rings. The molecule has 0 bridgehead atoms. The van der Waals surface area contributed by atoms with Crippen molar-refractivity contribution >= 4 is 15.7 Å². The van der Waals surface area contributed by atoms with Crippen molar-refractivity contribution in [3.8, 4) is 0 Å². The van der Waals surface area contributed by atoms with Crippen LogP contribution < -0.4 is 0 Å². The Morgan fingerprint density at radius 1 is 1.04 bits per heavy atom. The Kier molecular flexibility index (Phi) is 4.43. The van der Waals surface area contributed by atoms with Gasteiger partial charge < -0.3 is 4.90 Å². The van der Waals surface area contributed by atoms with Gasteiger partial charge in [-0.2, -0.15) is 0 Å². The number of hydrogen-bond acceptors (Lipinski definition) is 4. The van der Waals surface area contributed by atoms with Crippen molar-refractivity contribution in [3.05, 3.63) is 66.0 Å². The lowest BCUT2D eigenvalue weighted by Crippen LogP contribution is -2.33. The van der Waals surface area contributed by atoms with E-state index in [0.29, 0.717) is 18.5 Å². The van der Waals surface area contributed by atoms with Crippen molar-refractivity contribution < 1.29 is 13.2 Å². The Bertz CT molecular complexity index is 776. The minimum atomic E-state index is -3.27. The zero-order chi connectivity index (χ0) is 16.3. The van der Waals surface area contributed by atoms with Crippen molar-refractivity contribution in [2.24, 2.45) is 0 Å². The van der Waals surface area contributed by atoms with Crippen molar-refractivity contribution in [1.82, 2.24) is 9.88 Å². The topological polar surface area (TPSA) is 67.3 Å². The summed E-state index contributed by atoms with van der Waals surface area (Å²) in [5, 5.41) is -0.543. The van der Waals surface area contributed by atoms with Gasteiger partial charge in [-0.05, 0) is 24.1 Å². The Morgan fingerprint density at radius 2 is 1.74 bits per heavy atom. The van der Waals surface area contributed by atoms with E-state index in [1.807, 2.05) is 30.3 Å². The lowest BCUT2D eigenvalue weighted by atomic mass is 10.1. The van der Waals surface area contributed by atoms with Crippen molar-refractivity contribution in [3.63, 3.8) is 0 Å². The van der Waals surface area contributed by atoms with Gasteiger partial charge in [0.25, 0.3) is 5.91 Å². The number of carbonyl (C=O) groups excluding carboxylic acids is 1. The Labute approximate surface area is 135 Å². The summed E-state index contributed by atoms with van der Waals surface area (Å²) in [6.45, 7) is 0.659. The predicted octanol–water partition coefficient (Wildman–Crippen LogP) is 2.08. The molecule has 1 aromatic heterocycles. The number of pyridine rings is 1. The molecule has 120 valence electrons. The summed E-state index contributed by atoms with van der Waals surface area (Å²) >= 11 is 0. The van der Waals surface area contributed by atoms with Gasteiger partial charge in [0.1, 0.15) is 0 Å². The third-order valence-corrected chi connectivity index (χ3v) is 6.25. The monoisotopic (exact) mass is 330 g/mol. The van der Waals surface area contributed by atoms with Gasteiger partial charge in [0.05, 0.1) is 11.0 Å². The molecule has 0 saturated carbocycles. The first kappa shape index (κ1) is 15.7. The second kappa shape index (κ2) is 6.50. The predicted molar refractivity (Wildman–Crippen MR) is 87.7 cm³/mol. The summed E-state index contributed by atoms with van der Waals surface area (Å²) in [4.78, 5) is 18.0. The molecule has 1 saturated heterocycles. The van der Waals surface area contributed by atoms with Gasteiger partial charge in [-0.3, -0.25) is 9.78 Å². The zero-order valence-electron chi connectivity index (χ0n) is 12.6. The maximum Gasteiger partial charge on any atom is 0.253 e. The van der Waals surface area contributed by atoms with Crippen LogP contribution in [0.5, 0.6) is 0 Å². The number of sulfone groups is 1. The third kappa shape index (κ3) is 3.42. The minimum Gasteiger partial charge on any atom is -0.338 e. The van der Waals surface area contributed by atoms with Gasteiger partial charge in [-0.15, -0.1) is 0 Å². The van der Waals surface area contributed by atoms with Gasteiger partial charge in [-0.25, -0.2) is 8.42 Å². The van der Waals surface area contributed by atoms with Gasteiger partial charge in [0.15, 0.2) is 9.84 Å². The van der Waals surface area contributed by atoms with Crippen molar-refractivity contribution in [2.45, 2.75) is 11.7 Å². The number of amides is 1. The van der Waals surface area contributed by atoms with E-state index in [1.54, 1.807) is 29.4 Å². The lowest BCUT2D eigenvalue weighted by molar-refractivity contribution is 0.0766. The molecule has 0 radical (unpaired) electrons. The van der Waals surface area contributed by atoms with Crippen LogP contribution in [0, 0.1) is 0 Å². The van der Waals surface area contributed by atoms with Crippen LogP contribution in [0.3, 0.4) is 0 Å². The van der Waals surface area contributed by atoms with Crippen LogP contribution in [0.1, 0.15) is 27.6 Å². The molecular formula is C17H18N2O3S. The number of aromatic nitrogens is 1. The molecule has 0 unspecified atom stereocenters. The maximum absolute atomic E-state index is 12.6. The first-order chi connectivity index (χ1) is 11.1. The first-order valence-corrected chi connectivity index (χ1v) is 9.25. The lowest BCUT2D eigenvalue weighted by Gasteiger charge is -2.20. The average molecular weight is 330 g/mol. The molecule has 23 heavy (non-hydrogen) atoms. The van der Waals surface area contributed by atoms with Crippen molar-refractivity contribution in [2.75, 3.05) is 18.8 Å². The van der Waals surface area contributed by atoms with E-state index in [2.05, 4.69) is 4.98 Å². The molecular weight excluding hydrogens is 312 g/mol. The number of benzene rings is 1. The van der Waals surface area contributed by atoms with E-state index in [0.717, 1.165) is 5.56 Å². The molecule has 0 N–H and O–H groups in total. The van der Waals surface area contributed by atoms with Gasteiger partial charge in [-0.1, -0.05) is 30.3 Å². The summed E-state index contributed by atoms with van der Waals surface area (Å²) in [7, 11) is -3.27. The molecule has 5 nitrogen and oxygen atoms in total. The fraction of sp³-hybridized carbons (Fsp3) is 0.294. The Balaban J connectivity index is 1.82. The summed E-state index contributed by atoms with van der Waals surface area (Å²) < 4.78 is 25.1. The number of carbonyl (C=O) groups is 1. The fourth-order valence-corrected chi connectivity index (χ4v) is 4.66. The molecule has 1 fully saturated rings. The summed E-state index contributed by atoms with van der Waals surface area (Å²) in [5.41, 5.74) is 1.33. The van der Waals surface area contributed by atoms with E-state index in [-0.39, 0.29) is 18.2 Å². The van der Waals surface area contributed by atoms with Crippen LogP contribution in [0.2, 0.25) is 0 Å². The molecule has 0 aliphatic carbocycles. The minimum absolute atomic E-state index is 0.0105. The molecule has 1 aromatic carbocycles. The smallest absolute Gasteiger partial charge is 0.253 e. The van der Waals surface area contributed by atoms with E-state index >= 15 is 0 Å². The standard InChI is InChI=1S/C17H18N2O3S/c20-17(15-6-9-18-10-7-15)19-11-8-16(23(21,22)13-12-19)14-4-2-1-3-5-14/h1-7,9-10,16H,8,11-13H2/t16-/m1/s1. The molecule has 0 spiro atoms. The summed E-state index contributed by atoms with van der Waals surface area (Å²) in [6, 6.07) is 12.5. The highest BCUT2D eigenvalue weighted by Crippen LogP contribution is 2.29. The maximum atomic E-state index is 12.6. The SMILES string of the molecule is O=C(c1ccncc1)N1CC[C@H](c2ccccc2)S(=O)(=O)CC1. The molecule has 2 heterocycles. The molecule has 1 aliphatic heterocycles. The van der Waals surface area contributed by atoms with Crippen LogP contribution >= 0.6 is 0 Å². The summed E-state index contributed by atoms with van der Waals surface area (Å²) in [5.74, 6) is -0.153. The highest BCUT2D eigenvalue weighted by atomic mass is 32.2. The zero-order valence-corrected chi connectivity index (χ0v) is 13.4. The van der Waals surface area contributed by atoms with E-state index < -0.39 is 15.1 Å². The third-order valence-electron chi connectivity index (χ3n) is 4.13. The van der Waals surface area contributed by atoms with Crippen LogP contribution in [0.4, 0.5) is 0 Å². The number of rotatable bonds is 2. The van der Waals surface area contributed by atoms with Crippen LogP contribution in [0.15, 0.2) is 54.9 Å². The van der Waals surface area contributed by atoms with Crippen molar-refractivity contribution in [1.29, 1.82) is 0 Å². The fourth-order valence-electron chi connectivity index (χ4n) is 2.87. The molecule has 1 amide bonds. The number of hydrogen-bond donors (Lipinski definition) is 0. The quantitative estimate of drug-likeness (QED) is 0.845. The Morgan fingerprint density at radius 3 is 2.43 bits per heavy atom. The summed E-state index contributed by atoms with van der Waals surface area (Å²) in [6.07, 6.45) is 3.55. The van der Waals surface area contributed by atoms with E-state index in [1.165, 1.54) is 0 Å². The molecule has 6 heteroatoms. The van der Waals surface area contributed by atoms with E-state index in [9.17, 15) is 13.2 Å². The number of nitrogens with zero attached hydrogens (tertiary/aromatic N) is 2. The highest BCUT2D eigenvalue weighted by Gasteiger charge is 2.32. The largest absolute Gasteiger partial charge is 0.338 e. The molecule has 1 atom stereocenters. The van der Waals surface area contributed by atoms with E-state index in [4.69, 9.17) is 0 Å². The second-order valence-electron chi connectivity index (χ2n) is 5.58. The normalized spacial score (nSPS) is 20.7. The molecule has 1 aliphatic rings. The average Bonchev–Trinajstić information content (AvgIpc) is 2.74. The molecule has 3 rings (SSSR count). The highest BCUT2D eigenvalue weighted by molar-refractivity contribution is 7.91. The van der Waals surface area contributed by atoms with Gasteiger partial charge in [0.2, 0.25) is 0 Å². The Hall–Kier alpha value is -2.21. The van der Waals surface area contributed by atoms with Gasteiger partial charge in [0, 0.05) is 31.0 Å². The van der Waals surface area contributed by atoms with Crippen LogP contribution in [-0.4, -0.2) is 43.1 Å². The first-order valence-electron chi connectivity index (χ1n) is 7.54. The second-order valence-corrected chi connectivity index (χ2v) is 7.89. The van der Waals surface area contributed by atoms with Gasteiger partial charge >= 0.3 is 0 Å². The van der Waals surface area contributed by atoms with Crippen LogP contribution in [-0.2, 0) is 9.84 Å². The van der Waals surface area contributed by atoms with Crippen LogP contribution in [0.25, 0.3) is 0 Å².